The first kappa shape index (κ1) is 18.9. The summed E-state index contributed by atoms with van der Waals surface area (Å²) in [5.41, 5.74) is 2.39. The van der Waals surface area contributed by atoms with Gasteiger partial charge in [-0.2, -0.15) is 0 Å². The van der Waals surface area contributed by atoms with E-state index >= 15 is 0 Å². The highest BCUT2D eigenvalue weighted by molar-refractivity contribution is 7.12. The number of ether oxygens (including phenoxy) is 1. The molecule has 0 aliphatic heterocycles. The van der Waals surface area contributed by atoms with Crippen LogP contribution in [-0.2, 0) is 14.3 Å². The van der Waals surface area contributed by atoms with Gasteiger partial charge in [-0.25, -0.2) is 0 Å². The Morgan fingerprint density at radius 2 is 1.72 bits per heavy atom. The minimum Gasteiger partial charge on any atom is -0.456 e. The third-order valence-electron chi connectivity index (χ3n) is 3.60. The zero-order valence-corrected chi connectivity index (χ0v) is 15.4. The molecule has 132 valence electrons. The lowest BCUT2D eigenvalue weighted by molar-refractivity contribution is -0.147. The maximum atomic E-state index is 12.1. The number of anilines is 1. The molecule has 1 amide bonds. The van der Waals surface area contributed by atoms with Crippen LogP contribution in [0, 0.1) is 20.8 Å². The zero-order chi connectivity index (χ0) is 18.4. The van der Waals surface area contributed by atoms with Crippen molar-refractivity contribution in [1.82, 2.24) is 0 Å². The molecule has 1 aromatic carbocycles. The lowest BCUT2D eigenvalue weighted by Gasteiger charge is -2.07. The summed E-state index contributed by atoms with van der Waals surface area (Å²) >= 11 is 1.56. The van der Waals surface area contributed by atoms with Crippen molar-refractivity contribution in [3.8, 4) is 0 Å². The van der Waals surface area contributed by atoms with Gasteiger partial charge in [0, 0.05) is 27.4 Å². The average molecular weight is 359 g/mol. The molecule has 0 saturated carbocycles. The van der Waals surface area contributed by atoms with Crippen molar-refractivity contribution in [2.24, 2.45) is 0 Å². The Kier molecular flexibility index (Phi) is 6.47. The number of Topliss-reactive ketones (excluding diaryl/α,β-unsaturated/α-hetero) is 1. The molecule has 0 fully saturated rings. The van der Waals surface area contributed by atoms with Crippen molar-refractivity contribution in [3.63, 3.8) is 0 Å². The Morgan fingerprint density at radius 3 is 2.32 bits per heavy atom. The van der Waals surface area contributed by atoms with Crippen LogP contribution in [0.15, 0.2) is 30.3 Å². The zero-order valence-electron chi connectivity index (χ0n) is 14.5. The fraction of sp³-hybridized carbons (Fsp3) is 0.316. The van der Waals surface area contributed by atoms with Gasteiger partial charge >= 0.3 is 5.97 Å². The van der Waals surface area contributed by atoms with Crippen molar-refractivity contribution >= 4 is 34.7 Å². The van der Waals surface area contributed by atoms with E-state index < -0.39 is 11.9 Å². The topological polar surface area (TPSA) is 72.5 Å². The highest BCUT2D eigenvalue weighted by atomic mass is 32.1. The quantitative estimate of drug-likeness (QED) is 0.602. The molecule has 0 unspecified atom stereocenters. The van der Waals surface area contributed by atoms with Gasteiger partial charge < -0.3 is 10.1 Å². The van der Waals surface area contributed by atoms with Gasteiger partial charge in [0.2, 0.25) is 0 Å². The first-order valence-electron chi connectivity index (χ1n) is 7.97. The van der Waals surface area contributed by atoms with E-state index in [1.54, 1.807) is 23.5 Å². The number of hydrogen-bond donors (Lipinski definition) is 1. The first-order chi connectivity index (χ1) is 11.8. The molecule has 6 heteroatoms. The molecule has 2 aromatic rings. The second kappa shape index (κ2) is 8.58. The van der Waals surface area contributed by atoms with E-state index in [9.17, 15) is 14.4 Å². The molecular weight excluding hydrogens is 338 g/mol. The van der Waals surface area contributed by atoms with Crippen molar-refractivity contribution in [2.45, 2.75) is 33.6 Å². The van der Waals surface area contributed by atoms with Crippen LogP contribution < -0.4 is 5.32 Å². The van der Waals surface area contributed by atoms with Crippen LogP contribution in [0.1, 0.15) is 38.5 Å². The summed E-state index contributed by atoms with van der Waals surface area (Å²) in [7, 11) is 0. The lowest BCUT2D eigenvalue weighted by atomic mass is 10.1. The Bertz CT molecular complexity index is 777. The SMILES string of the molecule is Cc1ccc(NC(=O)COC(=O)CCC(=O)c2cc(C)sc2C)cc1. The second-order valence-electron chi connectivity index (χ2n) is 5.82. The second-order valence-corrected chi connectivity index (χ2v) is 7.29. The summed E-state index contributed by atoms with van der Waals surface area (Å²) in [6.07, 6.45) is 0.0421. The first-order valence-corrected chi connectivity index (χ1v) is 8.79. The highest BCUT2D eigenvalue weighted by Crippen LogP contribution is 2.22. The molecule has 0 bridgehead atoms. The number of aryl methyl sites for hydroxylation is 3. The monoisotopic (exact) mass is 359 g/mol. The maximum absolute atomic E-state index is 12.1. The highest BCUT2D eigenvalue weighted by Gasteiger charge is 2.15. The number of nitrogens with one attached hydrogen (secondary N) is 1. The van der Waals surface area contributed by atoms with Crippen LogP contribution in [0.4, 0.5) is 5.69 Å². The van der Waals surface area contributed by atoms with Gasteiger partial charge in [-0.05, 0) is 39.0 Å². The Hall–Kier alpha value is -2.47. The Morgan fingerprint density at radius 1 is 1.04 bits per heavy atom. The molecule has 0 aliphatic rings. The summed E-state index contributed by atoms with van der Waals surface area (Å²) in [5.74, 6) is -1.05. The van der Waals surface area contributed by atoms with Gasteiger partial charge in [-0.3, -0.25) is 14.4 Å². The third-order valence-corrected chi connectivity index (χ3v) is 4.56. The van der Waals surface area contributed by atoms with Crippen molar-refractivity contribution in [2.75, 3.05) is 11.9 Å². The smallest absolute Gasteiger partial charge is 0.306 e. The molecule has 0 aliphatic carbocycles. The van der Waals surface area contributed by atoms with Crippen LogP contribution in [0.2, 0.25) is 0 Å². The van der Waals surface area contributed by atoms with E-state index in [-0.39, 0.29) is 25.2 Å². The molecule has 0 radical (unpaired) electrons. The van der Waals surface area contributed by atoms with E-state index in [4.69, 9.17) is 4.74 Å². The van der Waals surface area contributed by atoms with Crippen molar-refractivity contribution in [3.05, 3.63) is 51.2 Å². The summed E-state index contributed by atoms with van der Waals surface area (Å²) in [6.45, 7) is 5.42. The molecule has 2 rings (SSSR count). The number of ketones is 1. The largest absolute Gasteiger partial charge is 0.456 e. The number of hydrogen-bond acceptors (Lipinski definition) is 5. The van der Waals surface area contributed by atoms with Crippen LogP contribution in [-0.4, -0.2) is 24.3 Å². The molecule has 0 atom stereocenters. The molecule has 0 spiro atoms. The number of carbonyl (C=O) groups excluding carboxylic acids is 3. The van der Waals surface area contributed by atoms with E-state index in [1.807, 2.05) is 39.0 Å². The predicted molar refractivity (Wildman–Crippen MR) is 98.1 cm³/mol. The predicted octanol–water partition coefficient (Wildman–Crippen LogP) is 3.82. The van der Waals surface area contributed by atoms with Gasteiger partial charge in [0.25, 0.3) is 5.91 Å². The van der Waals surface area contributed by atoms with Crippen LogP contribution in [0.3, 0.4) is 0 Å². The molecular formula is C19H21NO4S. The van der Waals surface area contributed by atoms with E-state index in [0.717, 1.165) is 15.3 Å². The van der Waals surface area contributed by atoms with Crippen molar-refractivity contribution < 1.29 is 19.1 Å². The minimum absolute atomic E-state index is 0.0367. The fourth-order valence-corrected chi connectivity index (χ4v) is 3.25. The lowest BCUT2D eigenvalue weighted by Crippen LogP contribution is -2.21. The molecule has 1 N–H and O–H groups in total. The summed E-state index contributed by atoms with van der Waals surface area (Å²) in [4.78, 5) is 37.6. The Labute approximate surface area is 151 Å². The van der Waals surface area contributed by atoms with Crippen molar-refractivity contribution in [1.29, 1.82) is 0 Å². The standard InChI is InChI=1S/C19H21NO4S/c1-12-4-6-15(7-5-12)20-18(22)11-24-19(23)9-8-17(21)16-10-13(2)25-14(16)3/h4-7,10H,8-9,11H2,1-3H3,(H,20,22). The number of carbonyl (C=O) groups is 3. The summed E-state index contributed by atoms with van der Waals surface area (Å²) < 4.78 is 4.92. The summed E-state index contributed by atoms with van der Waals surface area (Å²) in [6, 6.07) is 9.14. The number of benzene rings is 1. The van der Waals surface area contributed by atoms with E-state index in [1.165, 1.54) is 0 Å². The number of esters is 1. The maximum Gasteiger partial charge on any atom is 0.306 e. The Balaban J connectivity index is 1.73. The number of rotatable bonds is 7. The fourth-order valence-electron chi connectivity index (χ4n) is 2.31. The minimum atomic E-state index is -0.558. The van der Waals surface area contributed by atoms with Gasteiger partial charge in [0.05, 0.1) is 6.42 Å². The number of amides is 1. The molecule has 5 nitrogen and oxygen atoms in total. The third kappa shape index (κ3) is 5.83. The van der Waals surface area contributed by atoms with Gasteiger partial charge in [-0.1, -0.05) is 17.7 Å². The van der Waals surface area contributed by atoms with E-state index in [2.05, 4.69) is 5.32 Å². The van der Waals surface area contributed by atoms with Crippen LogP contribution in [0.25, 0.3) is 0 Å². The average Bonchev–Trinajstić information content (AvgIpc) is 2.91. The molecule has 0 saturated heterocycles. The van der Waals surface area contributed by atoms with Crippen LogP contribution in [0.5, 0.6) is 0 Å². The summed E-state index contributed by atoms with van der Waals surface area (Å²) in [5, 5.41) is 2.64. The molecule has 1 heterocycles. The molecule has 25 heavy (non-hydrogen) atoms. The van der Waals surface area contributed by atoms with Gasteiger partial charge in [0.15, 0.2) is 12.4 Å². The van der Waals surface area contributed by atoms with Gasteiger partial charge in [-0.15, -0.1) is 11.3 Å². The van der Waals surface area contributed by atoms with Crippen LogP contribution >= 0.6 is 11.3 Å². The van der Waals surface area contributed by atoms with E-state index in [0.29, 0.717) is 11.3 Å². The normalized spacial score (nSPS) is 10.4. The number of thiophene rings is 1. The van der Waals surface area contributed by atoms with Gasteiger partial charge in [0.1, 0.15) is 0 Å². The molecule has 1 aromatic heterocycles.